The number of ketones is 1. The summed E-state index contributed by atoms with van der Waals surface area (Å²) in [6, 6.07) is 13.1. The van der Waals surface area contributed by atoms with E-state index in [1.54, 1.807) is 18.3 Å². The van der Waals surface area contributed by atoms with E-state index in [9.17, 15) is 4.79 Å². The molecule has 0 radical (unpaired) electrons. The van der Waals surface area contributed by atoms with Crippen LogP contribution in [0.5, 0.6) is 0 Å². The molecule has 0 unspecified atom stereocenters. The van der Waals surface area contributed by atoms with Crippen LogP contribution in [0.2, 0.25) is 0 Å². The summed E-state index contributed by atoms with van der Waals surface area (Å²) < 4.78 is 0. The van der Waals surface area contributed by atoms with Gasteiger partial charge >= 0.3 is 0 Å². The molecular formula is C15H11N3O. The summed E-state index contributed by atoms with van der Waals surface area (Å²) >= 11 is 0. The van der Waals surface area contributed by atoms with E-state index in [4.69, 9.17) is 5.73 Å². The SMILES string of the molecule is NC1=CC(=Nc2ccccc2)c2cccnc2C1=O. The number of Topliss-reactive ketones (excluding diaryl/α,β-unsaturated/α-hetero) is 1. The molecule has 0 spiro atoms. The Morgan fingerprint density at radius 1 is 1.05 bits per heavy atom. The smallest absolute Gasteiger partial charge is 0.227 e. The van der Waals surface area contributed by atoms with E-state index >= 15 is 0 Å². The van der Waals surface area contributed by atoms with Crippen molar-refractivity contribution in [2.24, 2.45) is 10.7 Å². The minimum atomic E-state index is -0.248. The topological polar surface area (TPSA) is 68.3 Å². The van der Waals surface area contributed by atoms with Crippen LogP contribution in [0.4, 0.5) is 5.69 Å². The first-order valence-electron chi connectivity index (χ1n) is 5.87. The van der Waals surface area contributed by atoms with Crippen molar-refractivity contribution in [3.63, 3.8) is 0 Å². The zero-order chi connectivity index (χ0) is 13.2. The van der Waals surface area contributed by atoms with Gasteiger partial charge in [-0.05, 0) is 30.3 Å². The zero-order valence-corrected chi connectivity index (χ0v) is 10.1. The van der Waals surface area contributed by atoms with Crippen molar-refractivity contribution in [1.29, 1.82) is 0 Å². The van der Waals surface area contributed by atoms with Crippen molar-refractivity contribution in [1.82, 2.24) is 4.98 Å². The second-order valence-electron chi connectivity index (χ2n) is 4.16. The quantitative estimate of drug-likeness (QED) is 0.842. The molecule has 0 bridgehead atoms. The van der Waals surface area contributed by atoms with E-state index < -0.39 is 0 Å². The summed E-state index contributed by atoms with van der Waals surface area (Å²) in [6.45, 7) is 0. The number of hydrogen-bond acceptors (Lipinski definition) is 4. The molecule has 0 aliphatic heterocycles. The van der Waals surface area contributed by atoms with Gasteiger partial charge < -0.3 is 5.73 Å². The van der Waals surface area contributed by atoms with Gasteiger partial charge in [0.2, 0.25) is 5.78 Å². The Morgan fingerprint density at radius 3 is 2.63 bits per heavy atom. The number of para-hydroxylation sites is 1. The highest BCUT2D eigenvalue weighted by atomic mass is 16.1. The summed E-state index contributed by atoms with van der Waals surface area (Å²) in [5, 5.41) is 0. The Hall–Kier alpha value is -2.75. The fourth-order valence-electron chi connectivity index (χ4n) is 1.95. The van der Waals surface area contributed by atoms with Crippen LogP contribution >= 0.6 is 0 Å². The van der Waals surface area contributed by atoms with Gasteiger partial charge in [0.15, 0.2) is 0 Å². The summed E-state index contributed by atoms with van der Waals surface area (Å²) in [7, 11) is 0. The number of fused-ring (bicyclic) bond motifs is 1. The van der Waals surface area contributed by atoms with Crippen LogP contribution in [0.3, 0.4) is 0 Å². The Labute approximate surface area is 110 Å². The number of aromatic nitrogens is 1. The number of nitrogens with two attached hydrogens (primary N) is 1. The number of carbonyl (C=O) groups is 1. The van der Waals surface area contributed by atoms with Gasteiger partial charge in [-0.3, -0.25) is 9.78 Å². The van der Waals surface area contributed by atoms with Crippen LogP contribution in [0.25, 0.3) is 0 Å². The Kier molecular flexibility index (Phi) is 2.68. The molecule has 1 aromatic carbocycles. The van der Waals surface area contributed by atoms with Crippen molar-refractivity contribution in [2.75, 3.05) is 0 Å². The first kappa shape index (κ1) is 11.3. The van der Waals surface area contributed by atoms with E-state index in [1.807, 2.05) is 36.4 Å². The predicted molar refractivity (Wildman–Crippen MR) is 73.5 cm³/mol. The largest absolute Gasteiger partial charge is 0.395 e. The van der Waals surface area contributed by atoms with Crippen LogP contribution in [0.1, 0.15) is 16.1 Å². The number of aliphatic imine (C=N–C) groups is 1. The van der Waals surface area contributed by atoms with Crippen molar-refractivity contribution in [3.05, 3.63) is 71.7 Å². The van der Waals surface area contributed by atoms with Gasteiger partial charge in [-0.15, -0.1) is 0 Å². The molecule has 19 heavy (non-hydrogen) atoms. The van der Waals surface area contributed by atoms with E-state index in [1.165, 1.54) is 0 Å². The number of hydrogen-bond donors (Lipinski definition) is 1. The van der Waals surface area contributed by atoms with Gasteiger partial charge in [0, 0.05) is 11.8 Å². The minimum absolute atomic E-state index is 0.167. The highest BCUT2D eigenvalue weighted by molar-refractivity contribution is 6.25. The fourth-order valence-corrected chi connectivity index (χ4v) is 1.95. The van der Waals surface area contributed by atoms with Crippen molar-refractivity contribution >= 4 is 17.2 Å². The lowest BCUT2D eigenvalue weighted by molar-refractivity contribution is 0.102. The molecule has 0 saturated carbocycles. The molecule has 1 aromatic heterocycles. The number of pyridine rings is 1. The van der Waals surface area contributed by atoms with Gasteiger partial charge in [-0.2, -0.15) is 0 Å². The summed E-state index contributed by atoms with van der Waals surface area (Å²) in [5.41, 5.74) is 8.44. The molecule has 0 amide bonds. The number of benzene rings is 1. The molecule has 2 N–H and O–H groups in total. The molecule has 0 saturated heterocycles. The maximum Gasteiger partial charge on any atom is 0.227 e. The molecule has 4 nitrogen and oxygen atoms in total. The Balaban J connectivity index is 2.17. The van der Waals surface area contributed by atoms with Crippen LogP contribution in [-0.4, -0.2) is 16.5 Å². The van der Waals surface area contributed by atoms with Crippen LogP contribution < -0.4 is 5.73 Å². The molecule has 3 rings (SSSR count). The second kappa shape index (κ2) is 4.49. The van der Waals surface area contributed by atoms with E-state index in [0.29, 0.717) is 17.0 Å². The van der Waals surface area contributed by atoms with Gasteiger partial charge in [0.25, 0.3) is 0 Å². The van der Waals surface area contributed by atoms with Crippen molar-refractivity contribution in [2.45, 2.75) is 0 Å². The van der Waals surface area contributed by atoms with Gasteiger partial charge in [0.05, 0.1) is 17.1 Å². The van der Waals surface area contributed by atoms with Gasteiger partial charge in [-0.25, -0.2) is 4.99 Å². The molecule has 92 valence electrons. The molecule has 4 heteroatoms. The number of rotatable bonds is 1. The molecular weight excluding hydrogens is 238 g/mol. The van der Waals surface area contributed by atoms with E-state index in [0.717, 1.165) is 5.69 Å². The summed E-state index contributed by atoms with van der Waals surface area (Å²) in [6.07, 6.45) is 3.18. The molecule has 1 aliphatic rings. The molecule has 0 atom stereocenters. The second-order valence-corrected chi connectivity index (χ2v) is 4.16. The van der Waals surface area contributed by atoms with Gasteiger partial charge in [-0.1, -0.05) is 18.2 Å². The van der Waals surface area contributed by atoms with E-state index in [2.05, 4.69) is 9.98 Å². The predicted octanol–water partition coefficient (Wildman–Crippen LogP) is 2.24. The average molecular weight is 249 g/mol. The molecule has 2 aromatic rings. The lowest BCUT2D eigenvalue weighted by atomic mass is 9.97. The lowest BCUT2D eigenvalue weighted by Gasteiger charge is -2.13. The maximum atomic E-state index is 11.9. The third-order valence-corrected chi connectivity index (χ3v) is 2.86. The Morgan fingerprint density at radius 2 is 1.84 bits per heavy atom. The van der Waals surface area contributed by atoms with Crippen molar-refractivity contribution in [3.8, 4) is 0 Å². The number of carbonyl (C=O) groups excluding carboxylic acids is 1. The number of allylic oxidation sites excluding steroid dienone is 2. The highest BCUT2D eigenvalue weighted by Crippen LogP contribution is 2.20. The lowest BCUT2D eigenvalue weighted by Crippen LogP contribution is -2.23. The van der Waals surface area contributed by atoms with Crippen molar-refractivity contribution < 1.29 is 4.79 Å². The standard InChI is InChI=1S/C15H11N3O/c16-12-9-13(18-10-5-2-1-3-6-10)11-7-4-8-17-14(11)15(12)19/h1-9H,16H2. The third-order valence-electron chi connectivity index (χ3n) is 2.86. The van der Waals surface area contributed by atoms with E-state index in [-0.39, 0.29) is 11.5 Å². The van der Waals surface area contributed by atoms with Gasteiger partial charge in [0.1, 0.15) is 5.69 Å². The normalized spacial score (nSPS) is 16.1. The molecule has 0 fully saturated rings. The minimum Gasteiger partial charge on any atom is -0.395 e. The molecule has 1 heterocycles. The molecule has 1 aliphatic carbocycles. The Bertz CT molecular complexity index is 702. The monoisotopic (exact) mass is 249 g/mol. The summed E-state index contributed by atoms with van der Waals surface area (Å²) in [5.74, 6) is -0.248. The van der Waals surface area contributed by atoms with Crippen LogP contribution in [-0.2, 0) is 0 Å². The van der Waals surface area contributed by atoms with Crippen LogP contribution in [0.15, 0.2) is 65.4 Å². The summed E-state index contributed by atoms with van der Waals surface area (Å²) in [4.78, 5) is 20.5. The number of nitrogens with zero attached hydrogens (tertiary/aromatic N) is 2. The first-order valence-corrected chi connectivity index (χ1v) is 5.87. The van der Waals surface area contributed by atoms with Crippen LogP contribution in [0, 0.1) is 0 Å². The average Bonchev–Trinajstić information content (AvgIpc) is 2.46. The highest BCUT2D eigenvalue weighted by Gasteiger charge is 2.23. The zero-order valence-electron chi connectivity index (χ0n) is 10.1. The fraction of sp³-hybridized carbons (Fsp3) is 0. The first-order chi connectivity index (χ1) is 9.25. The third kappa shape index (κ3) is 2.04. The maximum absolute atomic E-state index is 11.9.